The number of aryl methyl sites for hydroxylation is 1. The molecule has 31 heavy (non-hydrogen) atoms. The Morgan fingerprint density at radius 3 is 2.48 bits per heavy atom. The van der Waals surface area contributed by atoms with Crippen molar-refractivity contribution in [3.63, 3.8) is 0 Å². The number of carbonyl (C=O) groups is 1. The number of fused-ring (bicyclic) bond motifs is 1. The third-order valence-electron chi connectivity index (χ3n) is 4.76. The summed E-state index contributed by atoms with van der Waals surface area (Å²) in [5.41, 5.74) is 0.857. The van der Waals surface area contributed by atoms with Crippen LogP contribution in [0.15, 0.2) is 46.5 Å². The fourth-order valence-corrected chi connectivity index (χ4v) is 3.62. The summed E-state index contributed by atoms with van der Waals surface area (Å²) in [6, 6.07) is 6.18. The van der Waals surface area contributed by atoms with Crippen LogP contribution in [0.2, 0.25) is 0 Å². The van der Waals surface area contributed by atoms with Crippen molar-refractivity contribution in [1.82, 2.24) is 24.6 Å². The zero-order valence-corrected chi connectivity index (χ0v) is 18.5. The number of primary sulfonamides is 1. The largest absolute Gasteiger partial charge is 0.356 e. The molecule has 0 bridgehead atoms. The first-order valence-electron chi connectivity index (χ1n) is 9.79. The number of nitrogens with one attached hydrogen (secondary N) is 1. The number of nitrogens with zero attached hydrogens (tertiary/aromatic N) is 4. The first-order valence-corrected chi connectivity index (χ1v) is 11.3. The Bertz CT molecular complexity index is 1250. The molecule has 1 amide bonds. The topological polar surface area (TPSA) is 142 Å². The minimum Gasteiger partial charge on any atom is -0.356 e. The summed E-state index contributed by atoms with van der Waals surface area (Å²) < 4.78 is 25.6. The molecule has 3 rings (SSSR count). The maximum atomic E-state index is 12.7. The van der Waals surface area contributed by atoms with Gasteiger partial charge < -0.3 is 5.32 Å². The SMILES string of the molecule is CC(C)(C)n1ncc2c(=O)n(CCC(=O)NCCc3ccc(S(N)(=O)=O)cc3)cnc21. The molecule has 0 saturated heterocycles. The molecular weight excluding hydrogens is 420 g/mol. The van der Waals surface area contributed by atoms with Gasteiger partial charge in [-0.2, -0.15) is 5.10 Å². The molecule has 0 atom stereocenters. The Kier molecular flexibility index (Phi) is 6.27. The standard InChI is InChI=1S/C20H26N6O4S/c1-20(2,3)26-18-16(12-24-26)19(28)25(13-23-18)11-9-17(27)22-10-8-14-4-6-15(7-5-14)31(21,29)30/h4-7,12-13H,8-11H2,1-3H3,(H,22,27)(H2,21,29,30). The normalized spacial score (nSPS) is 12.3. The molecule has 10 nitrogen and oxygen atoms in total. The van der Waals surface area contributed by atoms with Crippen LogP contribution in [0.1, 0.15) is 32.8 Å². The van der Waals surface area contributed by atoms with Gasteiger partial charge in [-0.25, -0.2) is 23.2 Å². The number of aromatic nitrogens is 4. The lowest BCUT2D eigenvalue weighted by atomic mass is 10.1. The van der Waals surface area contributed by atoms with E-state index >= 15 is 0 Å². The van der Waals surface area contributed by atoms with Crippen LogP contribution >= 0.6 is 0 Å². The monoisotopic (exact) mass is 446 g/mol. The number of rotatable bonds is 7. The second kappa shape index (κ2) is 8.60. The smallest absolute Gasteiger partial charge is 0.264 e. The number of hydrogen-bond donors (Lipinski definition) is 2. The molecule has 0 aliphatic carbocycles. The molecule has 3 aromatic rings. The van der Waals surface area contributed by atoms with E-state index in [0.717, 1.165) is 5.56 Å². The number of nitrogens with two attached hydrogens (primary N) is 1. The first-order chi connectivity index (χ1) is 14.5. The van der Waals surface area contributed by atoms with Gasteiger partial charge in [-0.3, -0.25) is 14.2 Å². The molecule has 11 heteroatoms. The second-order valence-electron chi connectivity index (χ2n) is 8.25. The molecule has 2 heterocycles. The number of amides is 1. The van der Waals surface area contributed by atoms with Crippen molar-refractivity contribution in [2.75, 3.05) is 6.54 Å². The zero-order valence-electron chi connectivity index (χ0n) is 17.7. The van der Waals surface area contributed by atoms with Crippen molar-refractivity contribution in [2.45, 2.75) is 50.6 Å². The van der Waals surface area contributed by atoms with Crippen molar-refractivity contribution in [3.8, 4) is 0 Å². The van der Waals surface area contributed by atoms with Gasteiger partial charge in [0.25, 0.3) is 5.56 Å². The van der Waals surface area contributed by atoms with E-state index in [4.69, 9.17) is 5.14 Å². The minimum absolute atomic E-state index is 0.0457. The first kappa shape index (κ1) is 22.6. The summed E-state index contributed by atoms with van der Waals surface area (Å²) in [6.07, 6.45) is 3.61. The van der Waals surface area contributed by atoms with Gasteiger partial charge in [0.2, 0.25) is 15.9 Å². The summed E-state index contributed by atoms with van der Waals surface area (Å²) in [7, 11) is -3.72. The molecule has 0 spiro atoms. The lowest BCUT2D eigenvalue weighted by Crippen LogP contribution is -2.29. The number of benzene rings is 1. The van der Waals surface area contributed by atoms with Crippen molar-refractivity contribution >= 4 is 27.0 Å². The zero-order chi connectivity index (χ0) is 22.8. The van der Waals surface area contributed by atoms with Crippen LogP contribution in [0, 0.1) is 0 Å². The Hall–Kier alpha value is -3.05. The summed E-state index contributed by atoms with van der Waals surface area (Å²) in [4.78, 5) is 29.2. The maximum Gasteiger partial charge on any atom is 0.264 e. The van der Waals surface area contributed by atoms with E-state index < -0.39 is 10.0 Å². The highest BCUT2D eigenvalue weighted by molar-refractivity contribution is 7.89. The average Bonchev–Trinajstić information content (AvgIpc) is 3.13. The summed E-state index contributed by atoms with van der Waals surface area (Å²) in [5.74, 6) is -0.196. The molecule has 0 unspecified atom stereocenters. The van der Waals surface area contributed by atoms with Gasteiger partial charge in [0.05, 0.1) is 23.0 Å². The number of hydrogen-bond acceptors (Lipinski definition) is 6. The fourth-order valence-electron chi connectivity index (χ4n) is 3.10. The van der Waals surface area contributed by atoms with Crippen LogP contribution in [-0.2, 0) is 33.3 Å². The molecule has 0 aliphatic rings. The van der Waals surface area contributed by atoms with E-state index in [2.05, 4.69) is 15.4 Å². The van der Waals surface area contributed by atoms with Gasteiger partial charge in [-0.05, 0) is 44.9 Å². The Morgan fingerprint density at radius 1 is 1.19 bits per heavy atom. The fraction of sp³-hybridized carbons (Fsp3) is 0.400. The van der Waals surface area contributed by atoms with E-state index in [9.17, 15) is 18.0 Å². The number of carbonyl (C=O) groups excluding carboxylic acids is 1. The molecule has 0 saturated carbocycles. The third-order valence-corrected chi connectivity index (χ3v) is 5.69. The summed E-state index contributed by atoms with van der Waals surface area (Å²) in [6.45, 7) is 6.53. The van der Waals surface area contributed by atoms with Crippen LogP contribution in [0.5, 0.6) is 0 Å². The maximum absolute atomic E-state index is 12.7. The molecular formula is C20H26N6O4S. The summed E-state index contributed by atoms with van der Waals surface area (Å²) >= 11 is 0. The molecule has 2 aromatic heterocycles. The van der Waals surface area contributed by atoms with E-state index in [1.165, 1.54) is 29.2 Å². The summed E-state index contributed by atoms with van der Waals surface area (Å²) in [5, 5.41) is 12.6. The Balaban J connectivity index is 1.54. The minimum atomic E-state index is -3.72. The lowest BCUT2D eigenvalue weighted by Gasteiger charge is -2.19. The highest BCUT2D eigenvalue weighted by Crippen LogP contribution is 2.17. The van der Waals surface area contributed by atoms with Gasteiger partial charge in [0, 0.05) is 19.5 Å². The van der Waals surface area contributed by atoms with Crippen LogP contribution in [0.4, 0.5) is 0 Å². The predicted octanol–water partition coefficient (Wildman–Crippen LogP) is 0.744. The van der Waals surface area contributed by atoms with Crippen LogP contribution < -0.4 is 16.0 Å². The quantitative estimate of drug-likeness (QED) is 0.548. The predicted molar refractivity (Wildman–Crippen MR) is 116 cm³/mol. The Morgan fingerprint density at radius 2 is 1.87 bits per heavy atom. The lowest BCUT2D eigenvalue weighted by molar-refractivity contribution is -0.121. The molecule has 3 N–H and O–H groups in total. The van der Waals surface area contributed by atoms with Gasteiger partial charge >= 0.3 is 0 Å². The molecule has 1 aromatic carbocycles. The van der Waals surface area contributed by atoms with Crippen LogP contribution in [0.3, 0.4) is 0 Å². The van der Waals surface area contributed by atoms with Crippen LogP contribution in [-0.4, -0.2) is 40.2 Å². The van der Waals surface area contributed by atoms with E-state index in [0.29, 0.717) is 24.0 Å². The highest BCUT2D eigenvalue weighted by Gasteiger charge is 2.19. The molecule has 0 radical (unpaired) electrons. The van der Waals surface area contributed by atoms with Gasteiger partial charge in [-0.15, -0.1) is 0 Å². The van der Waals surface area contributed by atoms with Crippen molar-refractivity contribution in [3.05, 3.63) is 52.7 Å². The van der Waals surface area contributed by atoms with Gasteiger partial charge in [0.1, 0.15) is 5.39 Å². The Labute approximate surface area is 180 Å². The highest BCUT2D eigenvalue weighted by atomic mass is 32.2. The van der Waals surface area contributed by atoms with Crippen molar-refractivity contribution < 1.29 is 13.2 Å². The number of sulfonamides is 1. The average molecular weight is 447 g/mol. The molecule has 0 aliphatic heterocycles. The second-order valence-corrected chi connectivity index (χ2v) is 9.81. The van der Waals surface area contributed by atoms with Gasteiger partial charge in [0.15, 0.2) is 5.65 Å². The van der Waals surface area contributed by atoms with E-state index in [1.54, 1.807) is 16.8 Å². The van der Waals surface area contributed by atoms with Crippen LogP contribution in [0.25, 0.3) is 11.0 Å². The van der Waals surface area contributed by atoms with E-state index in [-0.39, 0.29) is 34.9 Å². The van der Waals surface area contributed by atoms with E-state index in [1.807, 2.05) is 20.8 Å². The molecule has 0 fully saturated rings. The van der Waals surface area contributed by atoms with Crippen molar-refractivity contribution in [2.24, 2.45) is 5.14 Å². The third kappa shape index (κ3) is 5.36. The molecule has 166 valence electrons. The van der Waals surface area contributed by atoms with Gasteiger partial charge in [-0.1, -0.05) is 12.1 Å². The van der Waals surface area contributed by atoms with Crippen molar-refractivity contribution in [1.29, 1.82) is 0 Å².